The minimum Gasteiger partial charge on any atom is -0.495 e. The molecule has 0 saturated carbocycles. The van der Waals surface area contributed by atoms with Crippen molar-refractivity contribution in [3.63, 3.8) is 0 Å². The fraction of sp³-hybridized carbons (Fsp3) is 0.409. The summed E-state index contributed by atoms with van der Waals surface area (Å²) < 4.78 is 32.8. The number of carbonyl (C=O) groups excluding carboxylic acids is 1. The van der Waals surface area contributed by atoms with Gasteiger partial charge >= 0.3 is 0 Å². The molecule has 7 nitrogen and oxygen atoms in total. The number of nitrogens with zero attached hydrogens (tertiary/aromatic N) is 2. The van der Waals surface area contributed by atoms with Crippen LogP contribution < -0.4 is 10.1 Å². The van der Waals surface area contributed by atoms with Gasteiger partial charge in [0.05, 0.1) is 13.2 Å². The topological polar surface area (TPSA) is 79.0 Å². The summed E-state index contributed by atoms with van der Waals surface area (Å²) in [6.07, 6.45) is 1.68. The van der Waals surface area contributed by atoms with Crippen molar-refractivity contribution in [3.8, 4) is 5.75 Å². The minimum absolute atomic E-state index is 0.00111. The van der Waals surface area contributed by atoms with Crippen LogP contribution in [0.2, 0.25) is 0 Å². The lowest BCUT2D eigenvalue weighted by Crippen LogP contribution is -2.34. The molecular formula is C22H29N3O4S. The SMILES string of the molecule is COc1ccc(C(=O)NCC(c2ccccc2)N(C)C)cc1S(=O)(=O)N1CCCC1. The van der Waals surface area contributed by atoms with E-state index in [2.05, 4.69) is 5.32 Å². The third-order valence-corrected chi connectivity index (χ3v) is 7.29. The van der Waals surface area contributed by atoms with E-state index in [1.54, 1.807) is 12.1 Å². The van der Waals surface area contributed by atoms with Gasteiger partial charge in [-0.1, -0.05) is 30.3 Å². The number of likely N-dealkylation sites (N-methyl/N-ethyl adjacent to an activating group) is 1. The molecule has 1 saturated heterocycles. The van der Waals surface area contributed by atoms with Crippen molar-refractivity contribution in [1.29, 1.82) is 0 Å². The van der Waals surface area contributed by atoms with Gasteiger partial charge in [0, 0.05) is 25.2 Å². The molecule has 0 spiro atoms. The summed E-state index contributed by atoms with van der Waals surface area (Å²) >= 11 is 0. The average Bonchev–Trinajstić information content (AvgIpc) is 3.29. The van der Waals surface area contributed by atoms with Crippen LogP contribution in [0.5, 0.6) is 5.75 Å². The first-order chi connectivity index (χ1) is 14.3. The molecule has 1 atom stereocenters. The molecule has 0 aromatic heterocycles. The number of rotatable bonds is 8. The van der Waals surface area contributed by atoms with Gasteiger partial charge in [-0.15, -0.1) is 0 Å². The predicted octanol–water partition coefficient (Wildman–Crippen LogP) is 2.51. The van der Waals surface area contributed by atoms with Gasteiger partial charge in [-0.3, -0.25) is 4.79 Å². The molecule has 162 valence electrons. The molecule has 3 rings (SSSR count). The summed E-state index contributed by atoms with van der Waals surface area (Å²) in [5, 5.41) is 2.93. The molecule has 30 heavy (non-hydrogen) atoms. The lowest BCUT2D eigenvalue weighted by molar-refractivity contribution is 0.0941. The van der Waals surface area contributed by atoms with E-state index in [0.717, 1.165) is 18.4 Å². The quantitative estimate of drug-likeness (QED) is 0.695. The maximum atomic E-state index is 13.0. The standard InChI is InChI=1S/C22H29N3O4S/c1-24(2)19(17-9-5-4-6-10-17)16-23-22(26)18-11-12-20(29-3)21(15-18)30(27,28)25-13-7-8-14-25/h4-6,9-12,15,19H,7-8,13-14,16H2,1-3H3,(H,23,26). The fourth-order valence-electron chi connectivity index (χ4n) is 3.65. The lowest BCUT2D eigenvalue weighted by atomic mass is 10.1. The molecular weight excluding hydrogens is 402 g/mol. The number of sulfonamides is 1. The Kier molecular flexibility index (Phi) is 7.12. The normalized spacial score (nSPS) is 15.9. The number of amides is 1. The monoisotopic (exact) mass is 431 g/mol. The highest BCUT2D eigenvalue weighted by Gasteiger charge is 2.30. The number of methoxy groups -OCH3 is 1. The minimum atomic E-state index is -3.71. The van der Waals surface area contributed by atoms with Crippen LogP contribution in [-0.2, 0) is 10.0 Å². The summed E-state index contributed by atoms with van der Waals surface area (Å²) in [7, 11) is 1.64. The molecule has 1 aliphatic heterocycles. The van der Waals surface area contributed by atoms with E-state index < -0.39 is 10.0 Å². The van der Waals surface area contributed by atoms with E-state index in [4.69, 9.17) is 4.74 Å². The highest BCUT2D eigenvalue weighted by molar-refractivity contribution is 7.89. The number of benzene rings is 2. The van der Waals surface area contributed by atoms with E-state index in [0.29, 0.717) is 25.2 Å². The molecule has 1 fully saturated rings. The van der Waals surface area contributed by atoms with Crippen molar-refractivity contribution < 1.29 is 17.9 Å². The van der Waals surface area contributed by atoms with E-state index in [1.807, 2.05) is 49.3 Å². The molecule has 1 amide bonds. The Morgan fingerprint density at radius 1 is 1.13 bits per heavy atom. The van der Waals surface area contributed by atoms with Crippen molar-refractivity contribution in [2.24, 2.45) is 0 Å². The van der Waals surface area contributed by atoms with Crippen LogP contribution in [0.15, 0.2) is 53.4 Å². The van der Waals surface area contributed by atoms with Crippen LogP contribution in [0.25, 0.3) is 0 Å². The maximum absolute atomic E-state index is 13.0. The van der Waals surface area contributed by atoms with Crippen LogP contribution >= 0.6 is 0 Å². The molecule has 2 aromatic rings. The molecule has 0 aliphatic carbocycles. The van der Waals surface area contributed by atoms with Crippen molar-refractivity contribution >= 4 is 15.9 Å². The Hall–Kier alpha value is -2.42. The zero-order chi connectivity index (χ0) is 21.7. The second kappa shape index (κ2) is 9.59. The molecule has 1 aliphatic rings. The Balaban J connectivity index is 1.81. The third kappa shape index (κ3) is 4.83. The van der Waals surface area contributed by atoms with Gasteiger partial charge in [0.2, 0.25) is 10.0 Å². The maximum Gasteiger partial charge on any atom is 0.251 e. The van der Waals surface area contributed by atoms with Gasteiger partial charge in [-0.25, -0.2) is 8.42 Å². The Bertz CT molecular complexity index is 971. The highest BCUT2D eigenvalue weighted by Crippen LogP contribution is 2.30. The van der Waals surface area contributed by atoms with Crippen LogP contribution in [0.4, 0.5) is 0 Å². The van der Waals surface area contributed by atoms with Crippen LogP contribution in [0.1, 0.15) is 34.8 Å². The lowest BCUT2D eigenvalue weighted by Gasteiger charge is -2.25. The van der Waals surface area contributed by atoms with Gasteiger partial charge < -0.3 is 15.0 Å². The van der Waals surface area contributed by atoms with E-state index in [-0.39, 0.29) is 22.6 Å². The summed E-state index contributed by atoms with van der Waals surface area (Å²) in [6, 6.07) is 14.5. The molecule has 2 aromatic carbocycles. The van der Waals surface area contributed by atoms with Crippen LogP contribution in [-0.4, -0.2) is 64.4 Å². The number of hydrogen-bond donors (Lipinski definition) is 1. The zero-order valence-electron chi connectivity index (χ0n) is 17.7. The van der Waals surface area contributed by atoms with Crippen molar-refractivity contribution in [3.05, 3.63) is 59.7 Å². The number of nitrogens with one attached hydrogen (secondary N) is 1. The van der Waals surface area contributed by atoms with Crippen LogP contribution in [0.3, 0.4) is 0 Å². The second-order valence-electron chi connectivity index (χ2n) is 7.58. The Morgan fingerprint density at radius 3 is 2.40 bits per heavy atom. The number of hydrogen-bond acceptors (Lipinski definition) is 5. The highest BCUT2D eigenvalue weighted by atomic mass is 32.2. The summed E-state index contributed by atoms with van der Waals surface area (Å²) in [4.78, 5) is 14.9. The third-order valence-electron chi connectivity index (χ3n) is 5.37. The fourth-order valence-corrected chi connectivity index (χ4v) is 5.35. The van der Waals surface area contributed by atoms with Gasteiger partial charge in [0.15, 0.2) is 0 Å². The zero-order valence-corrected chi connectivity index (χ0v) is 18.5. The van der Waals surface area contributed by atoms with Gasteiger partial charge in [-0.05, 0) is 50.7 Å². The Morgan fingerprint density at radius 2 is 1.80 bits per heavy atom. The largest absolute Gasteiger partial charge is 0.495 e. The first-order valence-electron chi connectivity index (χ1n) is 10.0. The molecule has 1 unspecified atom stereocenters. The van der Waals surface area contributed by atoms with Crippen molar-refractivity contribution in [2.45, 2.75) is 23.8 Å². The van der Waals surface area contributed by atoms with Gasteiger partial charge in [-0.2, -0.15) is 4.31 Å². The molecule has 0 radical (unpaired) electrons. The van der Waals surface area contributed by atoms with E-state index >= 15 is 0 Å². The molecule has 1 N–H and O–H groups in total. The van der Waals surface area contributed by atoms with Gasteiger partial charge in [0.25, 0.3) is 5.91 Å². The smallest absolute Gasteiger partial charge is 0.251 e. The number of carbonyl (C=O) groups is 1. The van der Waals surface area contributed by atoms with E-state index in [1.165, 1.54) is 17.5 Å². The van der Waals surface area contributed by atoms with Gasteiger partial charge in [0.1, 0.15) is 10.6 Å². The molecule has 1 heterocycles. The van der Waals surface area contributed by atoms with Crippen molar-refractivity contribution in [1.82, 2.24) is 14.5 Å². The second-order valence-corrected chi connectivity index (χ2v) is 9.48. The van der Waals surface area contributed by atoms with Crippen molar-refractivity contribution in [2.75, 3.05) is 40.8 Å². The predicted molar refractivity (Wildman–Crippen MR) is 116 cm³/mol. The summed E-state index contributed by atoms with van der Waals surface area (Å²) in [5.41, 5.74) is 1.38. The summed E-state index contributed by atoms with van der Waals surface area (Å²) in [5.74, 6) is -0.0767. The first kappa shape index (κ1) is 22.3. The summed E-state index contributed by atoms with van der Waals surface area (Å²) in [6.45, 7) is 1.38. The first-order valence-corrected chi connectivity index (χ1v) is 11.5. The molecule has 0 bridgehead atoms. The number of ether oxygens (including phenoxy) is 1. The van der Waals surface area contributed by atoms with E-state index in [9.17, 15) is 13.2 Å². The molecule has 8 heteroatoms. The Labute approximate surface area is 178 Å². The van der Waals surface area contributed by atoms with Crippen LogP contribution in [0, 0.1) is 0 Å². The average molecular weight is 432 g/mol.